The average molecular weight is 421 g/mol. The van der Waals surface area contributed by atoms with E-state index in [-0.39, 0.29) is 0 Å². The topological polar surface area (TPSA) is 0 Å². The molecule has 0 aromatic carbocycles. The summed E-state index contributed by atoms with van der Waals surface area (Å²) in [5, 5.41) is 0. The van der Waals surface area contributed by atoms with E-state index in [0.717, 1.165) is 11.8 Å². The predicted molar refractivity (Wildman–Crippen MR) is 136 cm³/mol. The first kappa shape index (κ1) is 26.7. The number of hydrogen-bond acceptors (Lipinski definition) is 1. The van der Waals surface area contributed by atoms with Crippen LogP contribution in [0.25, 0.3) is 0 Å². The summed E-state index contributed by atoms with van der Waals surface area (Å²) in [6.07, 6.45) is 25.4. The Labute approximate surface area is 188 Å². The van der Waals surface area contributed by atoms with Gasteiger partial charge in [-0.15, -0.1) is 11.3 Å². The number of rotatable bonds is 20. The summed E-state index contributed by atoms with van der Waals surface area (Å²) < 4.78 is 0. The van der Waals surface area contributed by atoms with Gasteiger partial charge in [0.05, 0.1) is 0 Å². The van der Waals surface area contributed by atoms with Gasteiger partial charge in [0.2, 0.25) is 0 Å². The maximum atomic E-state index is 2.48. The van der Waals surface area contributed by atoms with E-state index < -0.39 is 0 Å². The zero-order chi connectivity index (χ0) is 21.2. The van der Waals surface area contributed by atoms with Crippen molar-refractivity contribution in [3.63, 3.8) is 0 Å². The minimum atomic E-state index is 0.806. The zero-order valence-corrected chi connectivity index (χ0v) is 21.3. The molecule has 0 saturated carbocycles. The van der Waals surface area contributed by atoms with Crippen LogP contribution >= 0.6 is 11.3 Å². The van der Waals surface area contributed by atoms with E-state index in [2.05, 4.69) is 51.2 Å². The van der Waals surface area contributed by atoms with E-state index in [4.69, 9.17) is 0 Å². The van der Waals surface area contributed by atoms with Crippen molar-refractivity contribution >= 4 is 11.3 Å². The lowest BCUT2D eigenvalue weighted by Crippen LogP contribution is -1.96. The lowest BCUT2D eigenvalue weighted by molar-refractivity contribution is 0.528. The highest BCUT2D eigenvalue weighted by atomic mass is 32.1. The minimum absolute atomic E-state index is 0.806. The van der Waals surface area contributed by atoms with Crippen LogP contribution in [0.2, 0.25) is 0 Å². The highest BCUT2D eigenvalue weighted by Crippen LogP contribution is 2.37. The second-order valence-electron chi connectivity index (χ2n) is 9.27. The maximum absolute atomic E-state index is 2.48. The van der Waals surface area contributed by atoms with Crippen LogP contribution in [0.15, 0.2) is 12.1 Å². The van der Waals surface area contributed by atoms with Crippen molar-refractivity contribution in [3.05, 3.63) is 21.9 Å². The van der Waals surface area contributed by atoms with E-state index >= 15 is 0 Å². The quantitative estimate of drug-likeness (QED) is 0.184. The van der Waals surface area contributed by atoms with Crippen molar-refractivity contribution in [2.45, 2.75) is 155 Å². The van der Waals surface area contributed by atoms with Gasteiger partial charge < -0.3 is 0 Å². The molecule has 0 aliphatic heterocycles. The van der Waals surface area contributed by atoms with Gasteiger partial charge in [-0.25, -0.2) is 0 Å². The minimum Gasteiger partial charge on any atom is -0.145 e. The highest BCUT2D eigenvalue weighted by Gasteiger charge is 2.16. The van der Waals surface area contributed by atoms with Crippen LogP contribution in [0.3, 0.4) is 0 Å². The summed E-state index contributed by atoms with van der Waals surface area (Å²) in [5.41, 5.74) is 0. The van der Waals surface area contributed by atoms with Crippen LogP contribution in [0.1, 0.15) is 165 Å². The SMILES string of the molecule is CCCCCCCCCC(CC)c1ccc(C(CC)CCCCCCCCC)s1. The van der Waals surface area contributed by atoms with Gasteiger partial charge in [-0.1, -0.05) is 118 Å². The second-order valence-corrected chi connectivity index (χ2v) is 10.4. The molecule has 0 amide bonds. The summed E-state index contributed by atoms with van der Waals surface area (Å²) in [7, 11) is 0. The maximum Gasteiger partial charge on any atom is 0.00791 e. The Morgan fingerprint density at radius 3 is 1.21 bits per heavy atom. The van der Waals surface area contributed by atoms with Gasteiger partial charge in [0, 0.05) is 9.75 Å². The second kappa shape index (κ2) is 18.5. The lowest BCUT2D eigenvalue weighted by atomic mass is 9.95. The molecule has 0 bridgehead atoms. The largest absolute Gasteiger partial charge is 0.145 e. The molecule has 0 fully saturated rings. The number of hydrogen-bond donors (Lipinski definition) is 0. The van der Waals surface area contributed by atoms with Gasteiger partial charge >= 0.3 is 0 Å². The molecule has 170 valence electrons. The van der Waals surface area contributed by atoms with Crippen LogP contribution in [0.5, 0.6) is 0 Å². The molecule has 2 unspecified atom stereocenters. The summed E-state index contributed by atoms with van der Waals surface area (Å²) >= 11 is 2.15. The first-order valence-corrected chi connectivity index (χ1v) is 14.2. The van der Waals surface area contributed by atoms with Crippen LogP contribution in [0, 0.1) is 0 Å². The fourth-order valence-electron chi connectivity index (χ4n) is 4.60. The molecule has 1 aromatic rings. The Morgan fingerprint density at radius 1 is 0.517 bits per heavy atom. The zero-order valence-electron chi connectivity index (χ0n) is 20.4. The third-order valence-corrected chi connectivity index (χ3v) is 8.16. The predicted octanol–water partition coefficient (Wildman–Crippen LogP) is 11.0. The summed E-state index contributed by atoms with van der Waals surface area (Å²) in [5.74, 6) is 1.61. The molecule has 1 heterocycles. The van der Waals surface area contributed by atoms with Gasteiger partial charge in [-0.05, 0) is 49.7 Å². The molecule has 0 spiro atoms. The Morgan fingerprint density at radius 2 is 0.862 bits per heavy atom. The van der Waals surface area contributed by atoms with Crippen molar-refractivity contribution in [2.75, 3.05) is 0 Å². The van der Waals surface area contributed by atoms with E-state index in [1.165, 1.54) is 116 Å². The first-order valence-electron chi connectivity index (χ1n) is 13.4. The molecule has 0 N–H and O–H groups in total. The molecular formula is C28H52S. The molecule has 1 rings (SSSR count). The fourth-order valence-corrected chi connectivity index (χ4v) is 6.04. The van der Waals surface area contributed by atoms with Crippen LogP contribution in [0.4, 0.5) is 0 Å². The standard InChI is InChI=1S/C28H52S/c1-5-9-11-13-15-17-19-21-25(7-3)27-23-24-28(29-27)26(8-4)22-20-18-16-14-12-10-6-2/h23-26H,5-22H2,1-4H3. The monoisotopic (exact) mass is 420 g/mol. The number of unbranched alkanes of at least 4 members (excludes halogenated alkanes) is 12. The molecule has 0 radical (unpaired) electrons. The molecule has 0 saturated heterocycles. The third-order valence-electron chi connectivity index (χ3n) is 6.75. The Balaban J connectivity index is 2.32. The van der Waals surface area contributed by atoms with Crippen LogP contribution in [-0.4, -0.2) is 0 Å². The van der Waals surface area contributed by atoms with Crippen molar-refractivity contribution in [3.8, 4) is 0 Å². The smallest absolute Gasteiger partial charge is 0.00791 e. The molecule has 0 aliphatic rings. The van der Waals surface area contributed by atoms with E-state index in [1.807, 2.05) is 0 Å². The Bertz CT molecular complexity index is 420. The van der Waals surface area contributed by atoms with Crippen molar-refractivity contribution in [1.29, 1.82) is 0 Å². The van der Waals surface area contributed by atoms with Gasteiger partial charge in [0.25, 0.3) is 0 Å². The normalized spacial score (nSPS) is 13.7. The van der Waals surface area contributed by atoms with E-state index in [0.29, 0.717) is 0 Å². The lowest BCUT2D eigenvalue weighted by Gasteiger charge is -2.15. The molecule has 2 atom stereocenters. The van der Waals surface area contributed by atoms with E-state index in [9.17, 15) is 0 Å². The van der Waals surface area contributed by atoms with Crippen LogP contribution < -0.4 is 0 Å². The number of thiophene rings is 1. The molecular weight excluding hydrogens is 368 g/mol. The van der Waals surface area contributed by atoms with Gasteiger partial charge in [0.1, 0.15) is 0 Å². The summed E-state index contributed by atoms with van der Waals surface area (Å²) in [4.78, 5) is 3.35. The molecule has 1 aromatic heterocycles. The van der Waals surface area contributed by atoms with Gasteiger partial charge in [-0.3, -0.25) is 0 Å². The van der Waals surface area contributed by atoms with Crippen molar-refractivity contribution in [2.24, 2.45) is 0 Å². The van der Waals surface area contributed by atoms with Gasteiger partial charge in [0.15, 0.2) is 0 Å². The fraction of sp³-hybridized carbons (Fsp3) is 0.857. The molecule has 0 nitrogen and oxygen atoms in total. The highest BCUT2D eigenvalue weighted by molar-refractivity contribution is 7.12. The molecule has 0 aliphatic carbocycles. The molecule has 29 heavy (non-hydrogen) atoms. The Kier molecular flexibility index (Phi) is 17.0. The Hall–Kier alpha value is -0.300. The van der Waals surface area contributed by atoms with Crippen molar-refractivity contribution < 1.29 is 0 Å². The van der Waals surface area contributed by atoms with Crippen molar-refractivity contribution in [1.82, 2.24) is 0 Å². The first-order chi connectivity index (χ1) is 14.3. The third kappa shape index (κ3) is 12.2. The van der Waals surface area contributed by atoms with Crippen LogP contribution in [-0.2, 0) is 0 Å². The van der Waals surface area contributed by atoms with E-state index in [1.54, 1.807) is 9.75 Å². The average Bonchev–Trinajstić information content (AvgIpc) is 3.22. The molecule has 1 heteroatoms. The summed E-state index contributed by atoms with van der Waals surface area (Å²) in [6, 6.07) is 4.95. The van der Waals surface area contributed by atoms with Gasteiger partial charge in [-0.2, -0.15) is 0 Å². The summed E-state index contributed by atoms with van der Waals surface area (Å²) in [6.45, 7) is 9.39.